The lowest BCUT2D eigenvalue weighted by molar-refractivity contribution is 0.216. The summed E-state index contributed by atoms with van der Waals surface area (Å²) in [7, 11) is 0. The van der Waals surface area contributed by atoms with Gasteiger partial charge in [0, 0.05) is 48.2 Å². The highest BCUT2D eigenvalue weighted by molar-refractivity contribution is 6.30. The van der Waals surface area contributed by atoms with Crippen LogP contribution in [0.1, 0.15) is 29.3 Å². The van der Waals surface area contributed by atoms with Crippen molar-refractivity contribution in [1.29, 1.82) is 0 Å². The fraction of sp³-hybridized carbons (Fsp3) is 0.238. The van der Waals surface area contributed by atoms with Gasteiger partial charge in [0.25, 0.3) is 0 Å². The van der Waals surface area contributed by atoms with E-state index in [-0.39, 0.29) is 5.56 Å². The van der Waals surface area contributed by atoms with Crippen LogP contribution in [-0.2, 0) is 13.1 Å². The van der Waals surface area contributed by atoms with Gasteiger partial charge in [0.15, 0.2) is 11.6 Å². The smallest absolute Gasteiger partial charge is 0.161 e. The maximum absolute atomic E-state index is 14.7. The molecule has 1 aromatic heterocycles. The second kappa shape index (κ2) is 7.41. The zero-order chi connectivity index (χ0) is 19.0. The molecule has 1 aliphatic heterocycles. The first kappa shape index (κ1) is 18.1. The van der Waals surface area contributed by atoms with Crippen molar-refractivity contribution in [3.8, 4) is 0 Å². The van der Waals surface area contributed by atoms with Crippen molar-refractivity contribution in [2.45, 2.75) is 25.6 Å². The molecule has 0 aliphatic carbocycles. The molecule has 0 saturated carbocycles. The van der Waals surface area contributed by atoms with E-state index >= 15 is 0 Å². The highest BCUT2D eigenvalue weighted by atomic mass is 35.5. The maximum atomic E-state index is 14.7. The number of rotatable bonds is 3. The summed E-state index contributed by atoms with van der Waals surface area (Å²) in [4.78, 5) is 2.08. The minimum absolute atomic E-state index is 0.137. The van der Waals surface area contributed by atoms with Gasteiger partial charge in [-0.15, -0.1) is 0 Å². The van der Waals surface area contributed by atoms with E-state index in [0.29, 0.717) is 24.2 Å². The summed E-state index contributed by atoms with van der Waals surface area (Å²) in [5.41, 5.74) is 1.98. The van der Waals surface area contributed by atoms with Crippen molar-refractivity contribution in [1.82, 2.24) is 9.47 Å². The molecule has 0 radical (unpaired) electrons. The van der Waals surface area contributed by atoms with Crippen molar-refractivity contribution in [2.75, 3.05) is 6.54 Å². The molecule has 0 bridgehead atoms. The third kappa shape index (κ3) is 3.62. The molecule has 2 nitrogen and oxygen atoms in total. The Morgan fingerprint density at radius 3 is 2.56 bits per heavy atom. The number of hydrogen-bond acceptors (Lipinski definition) is 1. The zero-order valence-corrected chi connectivity index (χ0v) is 15.3. The first-order valence-electron chi connectivity index (χ1n) is 8.81. The molecule has 6 heteroatoms. The zero-order valence-electron chi connectivity index (χ0n) is 14.5. The van der Waals surface area contributed by atoms with Crippen molar-refractivity contribution in [3.63, 3.8) is 0 Å². The number of aryl methyl sites for hydroxylation is 1. The molecule has 1 aliphatic rings. The molecule has 2 heterocycles. The van der Waals surface area contributed by atoms with E-state index in [4.69, 9.17) is 11.6 Å². The van der Waals surface area contributed by atoms with E-state index in [2.05, 4.69) is 4.90 Å². The lowest BCUT2D eigenvalue weighted by atomic mass is 10.00. The van der Waals surface area contributed by atoms with Crippen LogP contribution in [0.15, 0.2) is 54.7 Å². The van der Waals surface area contributed by atoms with Crippen LogP contribution in [0.5, 0.6) is 0 Å². The highest BCUT2D eigenvalue weighted by Gasteiger charge is 2.30. The third-order valence-corrected chi connectivity index (χ3v) is 5.20. The Kier molecular flexibility index (Phi) is 4.98. The van der Waals surface area contributed by atoms with Crippen LogP contribution in [0, 0.1) is 17.5 Å². The number of aromatic nitrogens is 1. The number of nitrogens with zero attached hydrogens (tertiary/aromatic N) is 2. The Labute approximate surface area is 160 Å². The topological polar surface area (TPSA) is 8.17 Å². The fourth-order valence-corrected chi connectivity index (χ4v) is 4.00. The molecule has 2 aromatic carbocycles. The van der Waals surface area contributed by atoms with Gasteiger partial charge in [0.05, 0.1) is 6.04 Å². The van der Waals surface area contributed by atoms with E-state index in [9.17, 15) is 13.2 Å². The molecule has 0 saturated heterocycles. The van der Waals surface area contributed by atoms with E-state index in [1.54, 1.807) is 6.07 Å². The summed E-state index contributed by atoms with van der Waals surface area (Å²) >= 11 is 6.10. The van der Waals surface area contributed by atoms with Crippen molar-refractivity contribution in [2.24, 2.45) is 0 Å². The van der Waals surface area contributed by atoms with Crippen LogP contribution in [0.3, 0.4) is 0 Å². The Bertz CT molecular complexity index is 970. The largest absolute Gasteiger partial charge is 0.350 e. The van der Waals surface area contributed by atoms with Crippen molar-refractivity contribution < 1.29 is 13.2 Å². The SMILES string of the molecule is Fc1cc(F)c(C2c3cccn3CCCN2Cc2cccc(Cl)c2)cc1F. The standard InChI is InChI=1S/C21H18ClF3N2/c22-15-5-1-4-14(10-15)13-27-9-3-8-26-7-2-6-20(26)21(27)16-11-18(24)19(25)12-17(16)23/h1-2,4-7,10-12,21H,3,8-9,13H2. The predicted octanol–water partition coefficient (Wildman–Crippen LogP) is 5.55. The lowest BCUT2D eigenvalue weighted by Gasteiger charge is -2.31. The average Bonchev–Trinajstić information content (AvgIpc) is 3.01. The van der Waals surface area contributed by atoms with Gasteiger partial charge in [0.2, 0.25) is 0 Å². The Morgan fingerprint density at radius 1 is 0.926 bits per heavy atom. The van der Waals surface area contributed by atoms with E-state index in [1.807, 2.05) is 41.1 Å². The summed E-state index contributed by atoms with van der Waals surface area (Å²) in [5.74, 6) is -2.97. The van der Waals surface area contributed by atoms with Crippen molar-refractivity contribution >= 4 is 11.6 Å². The summed E-state index contributed by atoms with van der Waals surface area (Å²) < 4.78 is 44.1. The minimum Gasteiger partial charge on any atom is -0.350 e. The number of benzene rings is 2. The molecule has 4 rings (SSSR count). The molecule has 0 fully saturated rings. The molecule has 27 heavy (non-hydrogen) atoms. The van der Waals surface area contributed by atoms with Crippen LogP contribution in [0.25, 0.3) is 0 Å². The second-order valence-corrected chi connectivity index (χ2v) is 7.21. The molecule has 0 amide bonds. The predicted molar refractivity (Wildman–Crippen MR) is 99.1 cm³/mol. The van der Waals surface area contributed by atoms with Crippen LogP contribution >= 0.6 is 11.6 Å². The molecular weight excluding hydrogens is 373 g/mol. The summed E-state index contributed by atoms with van der Waals surface area (Å²) in [6.45, 7) is 2.00. The normalized spacial score (nSPS) is 17.6. The average molecular weight is 391 g/mol. The van der Waals surface area contributed by atoms with E-state index in [0.717, 1.165) is 30.3 Å². The maximum Gasteiger partial charge on any atom is 0.161 e. The van der Waals surface area contributed by atoms with Crippen molar-refractivity contribution in [3.05, 3.63) is 94.0 Å². The third-order valence-electron chi connectivity index (χ3n) is 4.96. The van der Waals surface area contributed by atoms with Gasteiger partial charge >= 0.3 is 0 Å². The first-order valence-corrected chi connectivity index (χ1v) is 9.18. The van der Waals surface area contributed by atoms with Gasteiger partial charge in [0.1, 0.15) is 5.82 Å². The number of halogens is 4. The first-order chi connectivity index (χ1) is 13.0. The summed E-state index contributed by atoms with van der Waals surface area (Å²) in [6, 6.07) is 12.4. The molecule has 1 atom stereocenters. The van der Waals surface area contributed by atoms with Crippen LogP contribution in [-0.4, -0.2) is 16.0 Å². The van der Waals surface area contributed by atoms with E-state index < -0.39 is 23.5 Å². The molecule has 1 unspecified atom stereocenters. The van der Waals surface area contributed by atoms with Gasteiger partial charge in [-0.3, -0.25) is 4.90 Å². The van der Waals surface area contributed by atoms with Crippen LogP contribution < -0.4 is 0 Å². The monoisotopic (exact) mass is 390 g/mol. The highest BCUT2D eigenvalue weighted by Crippen LogP contribution is 2.35. The molecule has 140 valence electrons. The molecule has 3 aromatic rings. The molecule has 0 spiro atoms. The van der Waals surface area contributed by atoms with E-state index in [1.165, 1.54) is 0 Å². The Morgan fingerprint density at radius 2 is 1.74 bits per heavy atom. The quantitative estimate of drug-likeness (QED) is 0.532. The molecular formula is C21H18ClF3N2. The second-order valence-electron chi connectivity index (χ2n) is 6.77. The van der Waals surface area contributed by atoms with Gasteiger partial charge in [-0.25, -0.2) is 13.2 Å². The Balaban J connectivity index is 1.80. The fourth-order valence-electron chi connectivity index (χ4n) is 3.78. The summed E-state index contributed by atoms with van der Waals surface area (Å²) in [5, 5.41) is 0.626. The van der Waals surface area contributed by atoms with Crippen LogP contribution in [0.4, 0.5) is 13.2 Å². The lowest BCUT2D eigenvalue weighted by Crippen LogP contribution is -2.30. The summed E-state index contributed by atoms with van der Waals surface area (Å²) in [6.07, 6.45) is 2.80. The molecule has 0 N–H and O–H groups in total. The van der Waals surface area contributed by atoms with Gasteiger partial charge in [-0.2, -0.15) is 0 Å². The minimum atomic E-state index is -1.18. The van der Waals surface area contributed by atoms with Gasteiger partial charge in [-0.05, 0) is 42.3 Å². The Hall–Kier alpha value is -2.24. The van der Waals surface area contributed by atoms with Gasteiger partial charge < -0.3 is 4.57 Å². The van der Waals surface area contributed by atoms with Crippen LogP contribution in [0.2, 0.25) is 5.02 Å². The van der Waals surface area contributed by atoms with Gasteiger partial charge in [-0.1, -0.05) is 23.7 Å². The number of fused-ring (bicyclic) bond motifs is 1. The number of hydrogen-bond donors (Lipinski definition) is 0.